The number of sulfonamides is 1. The third-order valence-electron chi connectivity index (χ3n) is 4.66. The molecule has 1 amide bonds. The van der Waals surface area contributed by atoms with Gasteiger partial charge in [0.1, 0.15) is 18.4 Å². The van der Waals surface area contributed by atoms with Gasteiger partial charge in [0.15, 0.2) is 0 Å². The summed E-state index contributed by atoms with van der Waals surface area (Å²) in [5, 5.41) is 2.84. The molecule has 158 valence electrons. The molecule has 7 heteroatoms. The third kappa shape index (κ3) is 6.22. The maximum absolute atomic E-state index is 12.7. The van der Waals surface area contributed by atoms with Crippen LogP contribution in [0.25, 0.3) is 0 Å². The van der Waals surface area contributed by atoms with Crippen molar-refractivity contribution in [2.24, 2.45) is 0 Å². The number of aryl methyl sites for hydroxylation is 2. The van der Waals surface area contributed by atoms with Crippen LogP contribution in [-0.4, -0.2) is 39.3 Å². The van der Waals surface area contributed by atoms with E-state index in [4.69, 9.17) is 4.74 Å². The largest absolute Gasteiger partial charge is 0.491 e. The maximum atomic E-state index is 12.7. The van der Waals surface area contributed by atoms with Crippen molar-refractivity contribution in [1.29, 1.82) is 0 Å². The van der Waals surface area contributed by atoms with Crippen molar-refractivity contribution in [2.75, 3.05) is 17.2 Å². The predicted molar refractivity (Wildman–Crippen MR) is 117 cm³/mol. The Hall–Kier alpha value is -2.54. The van der Waals surface area contributed by atoms with Crippen LogP contribution in [0.5, 0.6) is 5.75 Å². The molecular weight excluding hydrogens is 388 g/mol. The Morgan fingerprint density at radius 2 is 1.72 bits per heavy atom. The van der Waals surface area contributed by atoms with Crippen molar-refractivity contribution < 1.29 is 17.9 Å². The number of rotatable bonds is 9. The molecule has 2 aromatic carbocycles. The highest BCUT2D eigenvalue weighted by Gasteiger charge is 2.29. The molecule has 2 rings (SSSR count). The molecule has 1 N–H and O–H groups in total. The van der Waals surface area contributed by atoms with E-state index in [1.54, 1.807) is 19.1 Å². The molecular formula is C22H30N2O4S. The molecule has 2 atom stereocenters. The standard InChI is InChI=1S/C22H30N2O4S/c1-6-19-11-13-20(14-12-19)24(29(5,26)27)18(4)22(25)23-17(3)15-28-21-10-8-7-9-16(21)2/h7-14,17-18H,6,15H2,1-5H3,(H,23,25)/t17-,18-/m0/s1. The summed E-state index contributed by atoms with van der Waals surface area (Å²) in [7, 11) is -3.64. The molecule has 29 heavy (non-hydrogen) atoms. The van der Waals surface area contributed by atoms with Gasteiger partial charge < -0.3 is 10.1 Å². The number of benzene rings is 2. The van der Waals surface area contributed by atoms with Crippen molar-refractivity contribution in [1.82, 2.24) is 5.32 Å². The lowest BCUT2D eigenvalue weighted by Crippen LogP contribution is -2.50. The van der Waals surface area contributed by atoms with Gasteiger partial charge in [0.25, 0.3) is 0 Å². The van der Waals surface area contributed by atoms with Crippen LogP contribution >= 0.6 is 0 Å². The lowest BCUT2D eigenvalue weighted by atomic mass is 10.1. The fourth-order valence-electron chi connectivity index (χ4n) is 3.03. The lowest BCUT2D eigenvalue weighted by molar-refractivity contribution is -0.122. The van der Waals surface area contributed by atoms with Crippen molar-refractivity contribution in [3.05, 3.63) is 59.7 Å². The SMILES string of the molecule is CCc1ccc(N([C@@H](C)C(=O)N[C@@H](C)COc2ccccc2C)S(C)(=O)=O)cc1. The summed E-state index contributed by atoms with van der Waals surface area (Å²) in [6.45, 7) is 7.67. The van der Waals surface area contributed by atoms with Crippen LogP contribution in [0.3, 0.4) is 0 Å². The zero-order chi connectivity index (χ0) is 21.6. The van der Waals surface area contributed by atoms with E-state index in [2.05, 4.69) is 5.32 Å². The molecule has 0 saturated heterocycles. The van der Waals surface area contributed by atoms with Gasteiger partial charge in [-0.2, -0.15) is 0 Å². The van der Waals surface area contributed by atoms with Crippen LogP contribution in [0.1, 0.15) is 31.9 Å². The van der Waals surface area contributed by atoms with Crippen molar-refractivity contribution in [3.8, 4) is 5.75 Å². The summed E-state index contributed by atoms with van der Waals surface area (Å²) in [5.74, 6) is 0.381. The van der Waals surface area contributed by atoms with Crippen LogP contribution in [0, 0.1) is 6.92 Å². The second-order valence-corrected chi connectivity index (χ2v) is 9.10. The summed E-state index contributed by atoms with van der Waals surface area (Å²) >= 11 is 0. The Balaban J connectivity index is 2.07. The molecule has 0 heterocycles. The number of amides is 1. The summed E-state index contributed by atoms with van der Waals surface area (Å²) in [5.41, 5.74) is 2.58. The third-order valence-corrected chi connectivity index (χ3v) is 5.90. The Bertz CT molecular complexity index is 926. The van der Waals surface area contributed by atoms with Gasteiger partial charge in [-0.3, -0.25) is 9.10 Å². The van der Waals surface area contributed by atoms with Gasteiger partial charge in [-0.15, -0.1) is 0 Å². The Morgan fingerprint density at radius 3 is 2.28 bits per heavy atom. The van der Waals surface area contributed by atoms with E-state index in [0.29, 0.717) is 5.69 Å². The minimum Gasteiger partial charge on any atom is -0.491 e. The number of hydrogen-bond donors (Lipinski definition) is 1. The summed E-state index contributed by atoms with van der Waals surface area (Å²) in [6.07, 6.45) is 1.96. The second kappa shape index (κ2) is 9.78. The first kappa shape index (κ1) is 22.7. The molecule has 0 radical (unpaired) electrons. The van der Waals surface area contributed by atoms with Crippen LogP contribution in [-0.2, 0) is 21.2 Å². The van der Waals surface area contributed by atoms with Crippen molar-refractivity contribution in [3.63, 3.8) is 0 Å². The first-order chi connectivity index (χ1) is 13.6. The van der Waals surface area contributed by atoms with Gasteiger partial charge in [0.05, 0.1) is 18.0 Å². The van der Waals surface area contributed by atoms with E-state index in [1.807, 2.05) is 57.2 Å². The van der Waals surface area contributed by atoms with Gasteiger partial charge in [0, 0.05) is 0 Å². The zero-order valence-corrected chi connectivity index (χ0v) is 18.5. The first-order valence-corrected chi connectivity index (χ1v) is 11.6. The quantitative estimate of drug-likeness (QED) is 0.678. The molecule has 0 spiro atoms. The van der Waals surface area contributed by atoms with Crippen LogP contribution in [0.15, 0.2) is 48.5 Å². The average molecular weight is 419 g/mol. The zero-order valence-electron chi connectivity index (χ0n) is 17.7. The van der Waals surface area contributed by atoms with Crippen molar-refractivity contribution in [2.45, 2.75) is 46.2 Å². The number of ether oxygens (including phenoxy) is 1. The number of hydrogen-bond acceptors (Lipinski definition) is 4. The Kier molecular flexibility index (Phi) is 7.67. The van der Waals surface area contributed by atoms with E-state index in [-0.39, 0.29) is 18.6 Å². The number of para-hydroxylation sites is 1. The fraction of sp³-hybridized carbons (Fsp3) is 0.409. The van der Waals surface area contributed by atoms with Crippen LogP contribution < -0.4 is 14.4 Å². The minimum atomic E-state index is -3.64. The second-order valence-electron chi connectivity index (χ2n) is 7.24. The van der Waals surface area contributed by atoms with Gasteiger partial charge in [0.2, 0.25) is 15.9 Å². The van der Waals surface area contributed by atoms with Gasteiger partial charge in [-0.25, -0.2) is 8.42 Å². The molecule has 0 bridgehead atoms. The summed E-state index contributed by atoms with van der Waals surface area (Å²) in [6, 6.07) is 13.7. The molecule has 0 unspecified atom stereocenters. The smallest absolute Gasteiger partial charge is 0.243 e. The highest BCUT2D eigenvalue weighted by Crippen LogP contribution is 2.22. The number of nitrogens with zero attached hydrogens (tertiary/aromatic N) is 1. The van der Waals surface area contributed by atoms with Gasteiger partial charge in [-0.1, -0.05) is 37.3 Å². The Labute approximate surface area is 173 Å². The number of nitrogens with one attached hydrogen (secondary N) is 1. The molecule has 0 aromatic heterocycles. The molecule has 0 aliphatic carbocycles. The lowest BCUT2D eigenvalue weighted by Gasteiger charge is -2.29. The molecule has 0 saturated carbocycles. The van der Waals surface area contributed by atoms with Gasteiger partial charge in [-0.05, 0) is 56.5 Å². The Morgan fingerprint density at radius 1 is 1.10 bits per heavy atom. The molecule has 0 fully saturated rings. The highest BCUT2D eigenvalue weighted by atomic mass is 32.2. The van der Waals surface area contributed by atoms with Crippen molar-refractivity contribution >= 4 is 21.6 Å². The first-order valence-electron chi connectivity index (χ1n) is 9.70. The highest BCUT2D eigenvalue weighted by molar-refractivity contribution is 7.92. The van der Waals surface area contributed by atoms with E-state index in [9.17, 15) is 13.2 Å². The van der Waals surface area contributed by atoms with Gasteiger partial charge >= 0.3 is 0 Å². The number of anilines is 1. The maximum Gasteiger partial charge on any atom is 0.243 e. The van der Waals surface area contributed by atoms with E-state index in [1.165, 1.54) is 0 Å². The monoisotopic (exact) mass is 418 g/mol. The summed E-state index contributed by atoms with van der Waals surface area (Å²) in [4.78, 5) is 12.7. The molecule has 6 nitrogen and oxygen atoms in total. The number of carbonyl (C=O) groups is 1. The van der Waals surface area contributed by atoms with E-state index in [0.717, 1.165) is 33.9 Å². The topological polar surface area (TPSA) is 75.7 Å². The average Bonchev–Trinajstić information content (AvgIpc) is 2.67. The number of carbonyl (C=O) groups excluding carboxylic acids is 1. The molecule has 0 aliphatic heterocycles. The minimum absolute atomic E-state index is 0.284. The van der Waals surface area contributed by atoms with Crippen LogP contribution in [0.2, 0.25) is 0 Å². The fourth-order valence-corrected chi connectivity index (χ4v) is 4.20. The predicted octanol–water partition coefficient (Wildman–Crippen LogP) is 3.30. The van der Waals surface area contributed by atoms with Crippen LogP contribution in [0.4, 0.5) is 5.69 Å². The van der Waals surface area contributed by atoms with E-state index < -0.39 is 16.1 Å². The molecule has 0 aliphatic rings. The normalized spacial score (nSPS) is 13.4. The molecule has 2 aromatic rings. The summed E-state index contributed by atoms with van der Waals surface area (Å²) < 4.78 is 31.7. The van der Waals surface area contributed by atoms with E-state index >= 15 is 0 Å².